The van der Waals surface area contributed by atoms with Crippen molar-refractivity contribution >= 4 is 37.3 Å². The summed E-state index contributed by atoms with van der Waals surface area (Å²) in [6.45, 7) is 3.19. The van der Waals surface area contributed by atoms with Crippen molar-refractivity contribution in [1.82, 2.24) is 10.0 Å². The zero-order valence-corrected chi connectivity index (χ0v) is 13.1. The molecular formula is C10H17BrN2O2S2. The lowest BCUT2D eigenvalue weighted by molar-refractivity contribution is 0.578. The molecule has 0 amide bonds. The maximum Gasteiger partial charge on any atom is 0.242 e. The highest BCUT2D eigenvalue weighted by molar-refractivity contribution is 9.11. The van der Waals surface area contributed by atoms with E-state index >= 15 is 0 Å². The molecule has 0 aliphatic heterocycles. The molecule has 1 aromatic heterocycles. The van der Waals surface area contributed by atoms with E-state index in [1.54, 1.807) is 6.07 Å². The number of sulfonamides is 1. The van der Waals surface area contributed by atoms with E-state index in [0.29, 0.717) is 21.8 Å². The van der Waals surface area contributed by atoms with Crippen molar-refractivity contribution in [3.8, 4) is 0 Å². The normalized spacial score (nSPS) is 11.9. The highest BCUT2D eigenvalue weighted by Gasteiger charge is 2.19. The van der Waals surface area contributed by atoms with Crippen molar-refractivity contribution in [1.29, 1.82) is 0 Å². The molecule has 0 unspecified atom stereocenters. The van der Waals surface area contributed by atoms with Crippen molar-refractivity contribution in [3.05, 3.63) is 14.7 Å². The molecule has 2 N–H and O–H groups in total. The van der Waals surface area contributed by atoms with Crippen molar-refractivity contribution in [2.75, 3.05) is 13.6 Å². The van der Waals surface area contributed by atoms with Gasteiger partial charge in [-0.05, 0) is 35.5 Å². The second kappa shape index (κ2) is 6.84. The Balaban J connectivity index is 2.83. The Kier molecular flexibility index (Phi) is 6.08. The van der Waals surface area contributed by atoms with E-state index in [0.717, 1.165) is 17.7 Å². The molecule has 17 heavy (non-hydrogen) atoms. The van der Waals surface area contributed by atoms with E-state index in [4.69, 9.17) is 0 Å². The topological polar surface area (TPSA) is 58.2 Å². The summed E-state index contributed by atoms with van der Waals surface area (Å²) < 4.78 is 27.2. The Morgan fingerprint density at radius 1 is 1.47 bits per heavy atom. The first-order chi connectivity index (χ1) is 8.01. The highest BCUT2D eigenvalue weighted by atomic mass is 79.9. The summed E-state index contributed by atoms with van der Waals surface area (Å²) >= 11 is 4.74. The third-order valence-corrected chi connectivity index (χ3v) is 5.88. The van der Waals surface area contributed by atoms with Gasteiger partial charge in [-0.3, -0.25) is 0 Å². The molecule has 1 aromatic rings. The molecule has 0 aliphatic rings. The monoisotopic (exact) mass is 340 g/mol. The Labute approximate surface area is 115 Å². The van der Waals surface area contributed by atoms with E-state index in [-0.39, 0.29) is 0 Å². The van der Waals surface area contributed by atoms with Gasteiger partial charge in [0.05, 0.1) is 3.79 Å². The number of halogens is 1. The summed E-state index contributed by atoms with van der Waals surface area (Å²) in [6, 6.07) is 1.71. The van der Waals surface area contributed by atoms with Gasteiger partial charge in [-0.2, -0.15) is 0 Å². The van der Waals surface area contributed by atoms with Crippen LogP contribution >= 0.6 is 27.3 Å². The van der Waals surface area contributed by atoms with Crippen LogP contribution in [-0.2, 0) is 16.6 Å². The van der Waals surface area contributed by atoms with Crippen LogP contribution in [0.25, 0.3) is 0 Å². The smallest absolute Gasteiger partial charge is 0.242 e. The second-order valence-corrected chi connectivity index (χ2v) is 7.82. The van der Waals surface area contributed by atoms with E-state index in [1.807, 2.05) is 14.0 Å². The predicted octanol–water partition coefficient (Wildman–Crippen LogP) is 2.31. The summed E-state index contributed by atoms with van der Waals surface area (Å²) in [7, 11) is -1.54. The molecule has 0 fully saturated rings. The van der Waals surface area contributed by atoms with Gasteiger partial charge in [0.15, 0.2) is 0 Å². The summed E-state index contributed by atoms with van der Waals surface area (Å²) in [5.74, 6) is 0. The molecule has 98 valence electrons. The van der Waals surface area contributed by atoms with Crippen molar-refractivity contribution < 1.29 is 8.42 Å². The van der Waals surface area contributed by atoms with Crippen LogP contribution < -0.4 is 10.0 Å². The lowest BCUT2D eigenvalue weighted by atomic mass is 10.3. The molecule has 1 rings (SSSR count). The fourth-order valence-electron chi connectivity index (χ4n) is 1.30. The lowest BCUT2D eigenvalue weighted by Gasteiger charge is -2.04. The highest BCUT2D eigenvalue weighted by Crippen LogP contribution is 2.31. The van der Waals surface area contributed by atoms with Gasteiger partial charge in [0.2, 0.25) is 10.0 Å². The number of hydrogen-bond acceptors (Lipinski definition) is 4. The molecule has 0 atom stereocenters. The second-order valence-electron chi connectivity index (χ2n) is 3.63. The Bertz CT molecular complexity index is 457. The minimum Gasteiger partial charge on any atom is -0.315 e. The molecule has 0 aromatic carbocycles. The molecule has 0 saturated carbocycles. The van der Waals surface area contributed by atoms with Crippen LogP contribution in [0.15, 0.2) is 14.7 Å². The van der Waals surface area contributed by atoms with E-state index in [2.05, 4.69) is 26.0 Å². The number of thiophene rings is 1. The number of unbranched alkanes of at least 4 members (excludes halogenated alkanes) is 1. The molecule has 0 aliphatic carbocycles. The van der Waals surface area contributed by atoms with Gasteiger partial charge < -0.3 is 5.32 Å². The Morgan fingerprint density at radius 3 is 2.76 bits per heavy atom. The molecule has 0 spiro atoms. The third kappa shape index (κ3) is 4.33. The first kappa shape index (κ1) is 15.1. The fraction of sp³-hybridized carbons (Fsp3) is 0.600. The zero-order chi connectivity index (χ0) is 12.9. The number of nitrogens with one attached hydrogen (secondary N) is 2. The first-order valence-electron chi connectivity index (χ1n) is 5.43. The van der Waals surface area contributed by atoms with Gasteiger partial charge >= 0.3 is 0 Å². The molecule has 0 radical (unpaired) electrons. The van der Waals surface area contributed by atoms with Crippen LogP contribution in [-0.4, -0.2) is 22.0 Å². The average molecular weight is 341 g/mol. The van der Waals surface area contributed by atoms with Gasteiger partial charge in [0.25, 0.3) is 0 Å². The van der Waals surface area contributed by atoms with E-state index in [9.17, 15) is 8.42 Å². The van der Waals surface area contributed by atoms with Crippen LogP contribution in [0.5, 0.6) is 0 Å². The first-order valence-corrected chi connectivity index (χ1v) is 8.53. The van der Waals surface area contributed by atoms with Crippen LogP contribution in [0.1, 0.15) is 24.6 Å². The van der Waals surface area contributed by atoms with Gasteiger partial charge in [-0.1, -0.05) is 13.3 Å². The van der Waals surface area contributed by atoms with E-state index in [1.165, 1.54) is 11.3 Å². The molecular weight excluding hydrogens is 324 g/mol. The summed E-state index contributed by atoms with van der Waals surface area (Å²) in [5.41, 5.74) is 0. The van der Waals surface area contributed by atoms with Crippen molar-refractivity contribution in [3.63, 3.8) is 0 Å². The SMILES string of the molecule is CCCCNS(=O)(=O)c1cc(CNC)sc1Br. The van der Waals surface area contributed by atoms with Crippen LogP contribution in [0.4, 0.5) is 0 Å². The van der Waals surface area contributed by atoms with Crippen molar-refractivity contribution in [2.45, 2.75) is 31.2 Å². The van der Waals surface area contributed by atoms with Gasteiger partial charge in [-0.25, -0.2) is 13.1 Å². The molecule has 4 nitrogen and oxygen atoms in total. The van der Waals surface area contributed by atoms with E-state index < -0.39 is 10.0 Å². The molecule has 0 bridgehead atoms. The molecule has 1 heterocycles. The van der Waals surface area contributed by atoms with Gasteiger partial charge in [0.1, 0.15) is 4.90 Å². The summed E-state index contributed by atoms with van der Waals surface area (Å²) in [5, 5.41) is 3.00. The minimum absolute atomic E-state index is 0.337. The number of hydrogen-bond donors (Lipinski definition) is 2. The van der Waals surface area contributed by atoms with Crippen LogP contribution in [0.3, 0.4) is 0 Å². The largest absolute Gasteiger partial charge is 0.315 e. The van der Waals surface area contributed by atoms with Crippen molar-refractivity contribution in [2.24, 2.45) is 0 Å². The maximum absolute atomic E-state index is 12.0. The molecule has 0 saturated heterocycles. The zero-order valence-electron chi connectivity index (χ0n) is 9.92. The standard InChI is InChI=1S/C10H17BrN2O2S2/c1-3-4-5-13-17(14,15)9-6-8(7-12-2)16-10(9)11/h6,12-13H,3-5,7H2,1-2H3. The van der Waals surface area contributed by atoms with Gasteiger partial charge in [-0.15, -0.1) is 11.3 Å². The predicted molar refractivity (Wildman–Crippen MR) is 74.9 cm³/mol. The van der Waals surface area contributed by atoms with Crippen LogP contribution in [0.2, 0.25) is 0 Å². The maximum atomic E-state index is 12.0. The fourth-order valence-corrected chi connectivity index (χ4v) is 5.07. The number of rotatable bonds is 7. The van der Waals surface area contributed by atoms with Crippen LogP contribution in [0, 0.1) is 0 Å². The lowest BCUT2D eigenvalue weighted by Crippen LogP contribution is -2.24. The Hall–Kier alpha value is 0.0500. The quantitative estimate of drug-likeness (QED) is 0.749. The third-order valence-electron chi connectivity index (χ3n) is 2.17. The average Bonchev–Trinajstić information content (AvgIpc) is 2.61. The minimum atomic E-state index is -3.37. The van der Waals surface area contributed by atoms with Gasteiger partial charge in [0, 0.05) is 18.0 Å². The summed E-state index contributed by atoms with van der Waals surface area (Å²) in [4.78, 5) is 1.33. The summed E-state index contributed by atoms with van der Waals surface area (Å²) in [6.07, 6.45) is 1.82. The molecule has 7 heteroatoms. The Morgan fingerprint density at radius 2 is 2.18 bits per heavy atom.